The summed E-state index contributed by atoms with van der Waals surface area (Å²) in [5.74, 6) is -0.865. The number of phenols is 1. The number of aromatic nitrogens is 2. The molecule has 0 unspecified atom stereocenters. The average molecular weight is 343 g/mol. The number of hydrogen-bond donors (Lipinski definition) is 4. The molecule has 0 aliphatic carbocycles. The van der Waals surface area contributed by atoms with Gasteiger partial charge in [0.15, 0.2) is 0 Å². The molecule has 0 radical (unpaired) electrons. The number of aromatic hydroxyl groups is 1. The molecule has 4 aromatic rings. The quantitative estimate of drug-likeness (QED) is 0.421. The third kappa shape index (κ3) is 1.86. The predicted octanol–water partition coefficient (Wildman–Crippen LogP) is 2.92. The Kier molecular flexibility index (Phi) is 2.85. The molecule has 0 fully saturated rings. The third-order valence-corrected chi connectivity index (χ3v) is 4.74. The lowest BCUT2D eigenvalue weighted by molar-refractivity contribution is -0.122. The SMILES string of the molecule is O=C1NC(=O)C(c2c[nH]c3cccc(O)c23)=C1c1c[nH]c2ccccc12. The largest absolute Gasteiger partial charge is 0.507 e. The van der Waals surface area contributed by atoms with E-state index in [0.29, 0.717) is 27.6 Å². The first-order valence-electron chi connectivity index (χ1n) is 8.11. The van der Waals surface area contributed by atoms with Crippen LogP contribution in [0.2, 0.25) is 0 Å². The van der Waals surface area contributed by atoms with Crippen molar-refractivity contribution in [3.63, 3.8) is 0 Å². The van der Waals surface area contributed by atoms with Crippen molar-refractivity contribution in [2.24, 2.45) is 0 Å². The maximum Gasteiger partial charge on any atom is 0.259 e. The van der Waals surface area contributed by atoms with Gasteiger partial charge in [-0.3, -0.25) is 14.9 Å². The molecule has 2 aromatic carbocycles. The second-order valence-electron chi connectivity index (χ2n) is 6.18. The highest BCUT2D eigenvalue weighted by atomic mass is 16.3. The Labute approximate surface area is 147 Å². The summed E-state index contributed by atoms with van der Waals surface area (Å²) in [5, 5.41) is 14.0. The van der Waals surface area contributed by atoms with Gasteiger partial charge in [0.2, 0.25) is 0 Å². The maximum atomic E-state index is 12.6. The number of amides is 2. The number of para-hydroxylation sites is 1. The molecular weight excluding hydrogens is 330 g/mol. The molecule has 0 saturated heterocycles. The number of imide groups is 1. The molecule has 0 atom stereocenters. The zero-order valence-electron chi connectivity index (χ0n) is 13.5. The van der Waals surface area contributed by atoms with E-state index >= 15 is 0 Å². The summed E-state index contributed by atoms with van der Waals surface area (Å²) in [4.78, 5) is 31.3. The first kappa shape index (κ1) is 14.5. The van der Waals surface area contributed by atoms with Crippen LogP contribution < -0.4 is 5.32 Å². The average Bonchev–Trinajstić information content (AvgIpc) is 3.30. The Morgan fingerprint density at radius 1 is 0.731 bits per heavy atom. The van der Waals surface area contributed by atoms with Crippen LogP contribution in [0.15, 0.2) is 54.9 Å². The highest BCUT2D eigenvalue weighted by molar-refractivity contribution is 6.50. The molecule has 0 spiro atoms. The van der Waals surface area contributed by atoms with E-state index in [-0.39, 0.29) is 11.3 Å². The van der Waals surface area contributed by atoms with Gasteiger partial charge in [0.1, 0.15) is 5.75 Å². The summed E-state index contributed by atoms with van der Waals surface area (Å²) >= 11 is 0. The molecule has 1 aliphatic rings. The fraction of sp³-hybridized carbons (Fsp3) is 0. The van der Waals surface area contributed by atoms with Gasteiger partial charge in [0.25, 0.3) is 11.8 Å². The van der Waals surface area contributed by atoms with E-state index in [1.54, 1.807) is 30.6 Å². The van der Waals surface area contributed by atoms with E-state index in [1.165, 1.54) is 0 Å². The van der Waals surface area contributed by atoms with Crippen LogP contribution >= 0.6 is 0 Å². The van der Waals surface area contributed by atoms with E-state index < -0.39 is 11.8 Å². The van der Waals surface area contributed by atoms with Crippen LogP contribution in [0.3, 0.4) is 0 Å². The lowest BCUT2D eigenvalue weighted by Crippen LogP contribution is -2.22. The van der Waals surface area contributed by atoms with Crippen LogP contribution in [0, 0.1) is 0 Å². The monoisotopic (exact) mass is 343 g/mol. The van der Waals surface area contributed by atoms with Crippen molar-refractivity contribution in [2.75, 3.05) is 0 Å². The fourth-order valence-corrected chi connectivity index (χ4v) is 3.61. The molecule has 4 N–H and O–H groups in total. The van der Waals surface area contributed by atoms with E-state index in [4.69, 9.17) is 0 Å². The number of H-pyrrole nitrogens is 2. The molecule has 126 valence electrons. The number of fused-ring (bicyclic) bond motifs is 2. The zero-order valence-corrected chi connectivity index (χ0v) is 13.5. The predicted molar refractivity (Wildman–Crippen MR) is 98.2 cm³/mol. The number of hydrogen-bond acceptors (Lipinski definition) is 3. The van der Waals surface area contributed by atoms with Gasteiger partial charge >= 0.3 is 0 Å². The topological polar surface area (TPSA) is 98.0 Å². The van der Waals surface area contributed by atoms with Crippen LogP contribution in [0.5, 0.6) is 5.75 Å². The normalized spacial score (nSPS) is 14.6. The Morgan fingerprint density at radius 3 is 2.23 bits per heavy atom. The number of carbonyl (C=O) groups is 2. The number of aromatic amines is 2. The maximum absolute atomic E-state index is 12.6. The smallest absolute Gasteiger partial charge is 0.259 e. The third-order valence-electron chi connectivity index (χ3n) is 4.74. The van der Waals surface area contributed by atoms with Crippen LogP contribution in [0.1, 0.15) is 11.1 Å². The van der Waals surface area contributed by atoms with Gasteiger partial charge in [0, 0.05) is 45.3 Å². The number of rotatable bonds is 2. The lowest BCUT2D eigenvalue weighted by atomic mass is 9.95. The molecular formula is C20H13N3O3. The number of benzene rings is 2. The van der Waals surface area contributed by atoms with E-state index in [0.717, 1.165) is 10.9 Å². The minimum absolute atomic E-state index is 0.0525. The summed E-state index contributed by atoms with van der Waals surface area (Å²) in [6.07, 6.45) is 3.37. The van der Waals surface area contributed by atoms with Crippen molar-refractivity contribution in [1.82, 2.24) is 15.3 Å². The Morgan fingerprint density at radius 2 is 1.38 bits per heavy atom. The second-order valence-corrected chi connectivity index (χ2v) is 6.18. The molecule has 0 saturated carbocycles. The van der Waals surface area contributed by atoms with Crippen LogP contribution in [-0.2, 0) is 9.59 Å². The minimum atomic E-state index is -0.473. The van der Waals surface area contributed by atoms with Crippen molar-refractivity contribution in [3.05, 3.63) is 66.0 Å². The first-order valence-corrected chi connectivity index (χ1v) is 8.11. The number of nitrogens with one attached hydrogen (secondary N) is 3. The highest BCUT2D eigenvalue weighted by Gasteiger charge is 2.35. The molecule has 2 aromatic heterocycles. The zero-order chi connectivity index (χ0) is 17.8. The number of phenolic OH excluding ortho intramolecular Hbond substituents is 1. The van der Waals surface area contributed by atoms with E-state index in [9.17, 15) is 14.7 Å². The van der Waals surface area contributed by atoms with Crippen LogP contribution in [0.25, 0.3) is 33.0 Å². The van der Waals surface area contributed by atoms with Gasteiger partial charge in [-0.1, -0.05) is 24.3 Å². The molecule has 6 heteroatoms. The minimum Gasteiger partial charge on any atom is -0.507 e. The Hall–Kier alpha value is -3.80. The van der Waals surface area contributed by atoms with Crippen molar-refractivity contribution in [1.29, 1.82) is 0 Å². The van der Waals surface area contributed by atoms with Crippen LogP contribution in [0.4, 0.5) is 0 Å². The molecule has 6 nitrogen and oxygen atoms in total. The molecule has 3 heterocycles. The first-order chi connectivity index (χ1) is 12.6. The van der Waals surface area contributed by atoms with Crippen molar-refractivity contribution in [2.45, 2.75) is 0 Å². The highest BCUT2D eigenvalue weighted by Crippen LogP contribution is 2.39. The standard InChI is InChI=1S/C20H13N3O3/c24-15-7-3-6-14-16(15)12(9-22-14)18-17(19(25)23-20(18)26)11-8-21-13-5-2-1-4-10(11)13/h1-9,21-22,24H,(H,23,25,26). The van der Waals surface area contributed by atoms with Gasteiger partial charge in [-0.05, 0) is 18.2 Å². The van der Waals surface area contributed by atoms with Crippen molar-refractivity contribution >= 4 is 44.8 Å². The Bertz CT molecular complexity index is 1260. The van der Waals surface area contributed by atoms with Gasteiger partial charge < -0.3 is 15.1 Å². The van der Waals surface area contributed by atoms with Gasteiger partial charge in [0.05, 0.1) is 11.1 Å². The van der Waals surface area contributed by atoms with Gasteiger partial charge in [-0.15, -0.1) is 0 Å². The van der Waals surface area contributed by atoms with Gasteiger partial charge in [-0.25, -0.2) is 0 Å². The summed E-state index contributed by atoms with van der Waals surface area (Å²) in [6.45, 7) is 0. The Balaban J connectivity index is 1.87. The molecule has 0 bridgehead atoms. The summed E-state index contributed by atoms with van der Waals surface area (Å²) in [5.41, 5.74) is 3.29. The van der Waals surface area contributed by atoms with Crippen molar-refractivity contribution in [3.8, 4) is 5.75 Å². The van der Waals surface area contributed by atoms with Crippen molar-refractivity contribution < 1.29 is 14.7 Å². The van der Waals surface area contributed by atoms with E-state index in [1.807, 2.05) is 24.3 Å². The summed E-state index contributed by atoms with van der Waals surface area (Å²) in [7, 11) is 0. The second kappa shape index (κ2) is 5.10. The lowest BCUT2D eigenvalue weighted by Gasteiger charge is -2.04. The molecule has 26 heavy (non-hydrogen) atoms. The molecule has 5 rings (SSSR count). The molecule has 2 amide bonds. The molecule has 1 aliphatic heterocycles. The van der Waals surface area contributed by atoms with E-state index in [2.05, 4.69) is 15.3 Å². The summed E-state index contributed by atoms with van der Waals surface area (Å²) < 4.78 is 0. The fourth-order valence-electron chi connectivity index (χ4n) is 3.61. The number of carbonyl (C=O) groups excluding carboxylic acids is 2. The summed E-state index contributed by atoms with van der Waals surface area (Å²) in [6, 6.07) is 12.7. The van der Waals surface area contributed by atoms with Crippen LogP contribution in [-0.4, -0.2) is 26.9 Å². The van der Waals surface area contributed by atoms with Gasteiger partial charge in [-0.2, -0.15) is 0 Å².